The largest absolute Gasteiger partial charge is 0.352 e. The lowest BCUT2D eigenvalue weighted by Crippen LogP contribution is -2.49. The number of nitrogens with one attached hydrogen (secondary N) is 2. The van der Waals surface area contributed by atoms with Gasteiger partial charge in [0.2, 0.25) is 0 Å². The second kappa shape index (κ2) is 3.57. The Morgan fingerprint density at radius 2 is 2.36 bits per heavy atom. The van der Waals surface area contributed by atoms with Gasteiger partial charge in [-0.05, 0) is 18.9 Å². The third-order valence-electron chi connectivity index (χ3n) is 1.92. The predicted molar refractivity (Wildman–Crippen MR) is 43.2 cm³/mol. The maximum absolute atomic E-state index is 10.5. The molecule has 0 aromatic rings. The number of rotatable bonds is 1. The van der Waals surface area contributed by atoms with Crippen molar-refractivity contribution in [2.45, 2.75) is 19.4 Å². The zero-order valence-electron chi connectivity index (χ0n) is 6.76. The Morgan fingerprint density at radius 1 is 1.64 bits per heavy atom. The van der Waals surface area contributed by atoms with Gasteiger partial charge >= 0.3 is 6.03 Å². The highest BCUT2D eigenvalue weighted by molar-refractivity contribution is 5.71. The number of nitrogens with two attached hydrogens (primary N) is 1. The van der Waals surface area contributed by atoms with Crippen LogP contribution in [0, 0.1) is 5.92 Å². The van der Waals surface area contributed by atoms with Gasteiger partial charge in [0.05, 0.1) is 0 Å². The minimum atomic E-state index is -0.425. The van der Waals surface area contributed by atoms with E-state index < -0.39 is 6.03 Å². The molecule has 1 fully saturated rings. The van der Waals surface area contributed by atoms with Crippen molar-refractivity contribution in [1.29, 1.82) is 0 Å². The van der Waals surface area contributed by atoms with Crippen molar-refractivity contribution in [3.63, 3.8) is 0 Å². The third-order valence-corrected chi connectivity index (χ3v) is 1.92. The van der Waals surface area contributed by atoms with Crippen LogP contribution in [0.5, 0.6) is 0 Å². The second-order valence-corrected chi connectivity index (χ2v) is 3.20. The summed E-state index contributed by atoms with van der Waals surface area (Å²) in [7, 11) is 0. The molecular formula is C7H15N3O. The molecule has 4 N–H and O–H groups in total. The van der Waals surface area contributed by atoms with E-state index in [4.69, 9.17) is 5.73 Å². The molecule has 64 valence electrons. The smallest absolute Gasteiger partial charge is 0.312 e. The van der Waals surface area contributed by atoms with Crippen molar-refractivity contribution in [3.8, 4) is 0 Å². The van der Waals surface area contributed by atoms with Crippen LogP contribution < -0.4 is 16.4 Å². The first-order valence-corrected chi connectivity index (χ1v) is 3.95. The van der Waals surface area contributed by atoms with Crippen LogP contribution >= 0.6 is 0 Å². The second-order valence-electron chi connectivity index (χ2n) is 3.20. The van der Waals surface area contributed by atoms with Crippen LogP contribution in [0.25, 0.3) is 0 Å². The van der Waals surface area contributed by atoms with E-state index in [2.05, 4.69) is 17.6 Å². The third kappa shape index (κ3) is 2.76. The highest BCUT2D eigenvalue weighted by atomic mass is 16.2. The van der Waals surface area contributed by atoms with Gasteiger partial charge in [0.25, 0.3) is 0 Å². The summed E-state index contributed by atoms with van der Waals surface area (Å²) in [5.74, 6) is 0.626. The SMILES string of the molecule is CC1CNCC(NC(N)=O)C1. The van der Waals surface area contributed by atoms with Crippen LogP contribution in [0.15, 0.2) is 0 Å². The molecule has 0 spiro atoms. The van der Waals surface area contributed by atoms with Gasteiger partial charge in [0.15, 0.2) is 0 Å². The maximum Gasteiger partial charge on any atom is 0.312 e. The molecule has 4 nitrogen and oxygen atoms in total. The lowest BCUT2D eigenvalue weighted by atomic mass is 9.98. The summed E-state index contributed by atoms with van der Waals surface area (Å²) in [6, 6.07) is -0.206. The molecule has 2 unspecified atom stereocenters. The number of piperidine rings is 1. The van der Waals surface area contributed by atoms with E-state index >= 15 is 0 Å². The highest BCUT2D eigenvalue weighted by Gasteiger charge is 2.18. The quantitative estimate of drug-likeness (QED) is 0.487. The summed E-state index contributed by atoms with van der Waals surface area (Å²) >= 11 is 0. The van der Waals surface area contributed by atoms with Crippen molar-refractivity contribution in [2.24, 2.45) is 11.7 Å². The van der Waals surface area contributed by atoms with Gasteiger partial charge in [-0.2, -0.15) is 0 Å². The van der Waals surface area contributed by atoms with E-state index in [1.165, 1.54) is 0 Å². The van der Waals surface area contributed by atoms with Crippen molar-refractivity contribution in [3.05, 3.63) is 0 Å². The monoisotopic (exact) mass is 157 g/mol. The molecule has 0 saturated carbocycles. The van der Waals surface area contributed by atoms with E-state index in [0.29, 0.717) is 5.92 Å². The summed E-state index contributed by atoms with van der Waals surface area (Å²) in [6.07, 6.45) is 1.02. The van der Waals surface area contributed by atoms with Crippen LogP contribution in [0.2, 0.25) is 0 Å². The van der Waals surface area contributed by atoms with Gasteiger partial charge in [-0.1, -0.05) is 6.92 Å². The Morgan fingerprint density at radius 3 is 2.91 bits per heavy atom. The molecule has 11 heavy (non-hydrogen) atoms. The molecule has 0 aromatic heterocycles. The van der Waals surface area contributed by atoms with Gasteiger partial charge in [-0.25, -0.2) is 4.79 Å². The average molecular weight is 157 g/mol. The van der Waals surface area contributed by atoms with E-state index in [1.54, 1.807) is 0 Å². The van der Waals surface area contributed by atoms with Gasteiger partial charge < -0.3 is 16.4 Å². The summed E-state index contributed by atoms with van der Waals surface area (Å²) in [4.78, 5) is 10.5. The first-order valence-electron chi connectivity index (χ1n) is 3.95. The van der Waals surface area contributed by atoms with Gasteiger partial charge in [0, 0.05) is 12.6 Å². The van der Waals surface area contributed by atoms with Crippen molar-refractivity contribution >= 4 is 6.03 Å². The van der Waals surface area contributed by atoms with Crippen molar-refractivity contribution in [1.82, 2.24) is 10.6 Å². The lowest BCUT2D eigenvalue weighted by molar-refractivity contribution is 0.238. The van der Waals surface area contributed by atoms with Gasteiger partial charge in [-0.15, -0.1) is 0 Å². The predicted octanol–water partition coefficient (Wildman–Crippen LogP) is -0.347. The standard InChI is InChI=1S/C7H15N3O/c1-5-2-6(4-9-3-5)10-7(8)11/h5-6,9H,2-4H2,1H3,(H3,8,10,11). The molecule has 1 aliphatic rings. The number of hydrogen-bond acceptors (Lipinski definition) is 2. The summed E-state index contributed by atoms with van der Waals surface area (Å²) in [6.45, 7) is 4.03. The minimum Gasteiger partial charge on any atom is -0.352 e. The molecule has 1 saturated heterocycles. The van der Waals surface area contributed by atoms with Gasteiger partial charge in [-0.3, -0.25) is 0 Å². The van der Waals surface area contributed by atoms with Crippen molar-refractivity contribution in [2.75, 3.05) is 13.1 Å². The van der Waals surface area contributed by atoms with Crippen LogP contribution in [-0.4, -0.2) is 25.2 Å². The van der Waals surface area contributed by atoms with E-state index in [1.807, 2.05) is 0 Å². The molecule has 0 bridgehead atoms. The molecule has 2 atom stereocenters. The molecular weight excluding hydrogens is 142 g/mol. The normalized spacial score (nSPS) is 31.4. The Balaban J connectivity index is 2.28. The van der Waals surface area contributed by atoms with Crippen LogP contribution in [0.4, 0.5) is 4.79 Å². The Hall–Kier alpha value is -0.770. The molecule has 1 heterocycles. The van der Waals surface area contributed by atoms with Crippen LogP contribution in [-0.2, 0) is 0 Å². The van der Waals surface area contributed by atoms with E-state index in [9.17, 15) is 4.79 Å². The molecule has 0 aromatic carbocycles. The molecule has 0 aliphatic carbocycles. The molecule has 0 radical (unpaired) electrons. The average Bonchev–Trinajstić information content (AvgIpc) is 1.85. The summed E-state index contributed by atoms with van der Waals surface area (Å²) in [5, 5.41) is 5.91. The van der Waals surface area contributed by atoms with Crippen LogP contribution in [0.3, 0.4) is 0 Å². The molecule has 1 rings (SSSR count). The number of hydrogen-bond donors (Lipinski definition) is 3. The molecule has 2 amide bonds. The maximum atomic E-state index is 10.5. The van der Waals surface area contributed by atoms with E-state index in [0.717, 1.165) is 19.5 Å². The summed E-state index contributed by atoms with van der Waals surface area (Å²) < 4.78 is 0. The fourth-order valence-corrected chi connectivity index (χ4v) is 1.47. The minimum absolute atomic E-state index is 0.219. The highest BCUT2D eigenvalue weighted by Crippen LogP contribution is 2.08. The number of amides is 2. The Labute approximate surface area is 66.5 Å². The zero-order chi connectivity index (χ0) is 8.27. The first-order chi connectivity index (χ1) is 5.18. The van der Waals surface area contributed by atoms with Crippen LogP contribution in [0.1, 0.15) is 13.3 Å². The molecule has 4 heteroatoms. The number of urea groups is 1. The fourth-order valence-electron chi connectivity index (χ4n) is 1.47. The Bertz CT molecular complexity index is 149. The van der Waals surface area contributed by atoms with Crippen molar-refractivity contribution < 1.29 is 4.79 Å². The summed E-state index contributed by atoms with van der Waals surface area (Å²) in [5.41, 5.74) is 4.99. The lowest BCUT2D eigenvalue weighted by Gasteiger charge is -2.27. The zero-order valence-corrected chi connectivity index (χ0v) is 6.76. The number of carbonyl (C=O) groups excluding carboxylic acids is 1. The van der Waals surface area contributed by atoms with E-state index in [-0.39, 0.29) is 6.04 Å². The first kappa shape index (κ1) is 8.33. The van der Waals surface area contributed by atoms with Gasteiger partial charge in [0.1, 0.15) is 0 Å². The number of primary amides is 1. The topological polar surface area (TPSA) is 67.2 Å². The molecule has 1 aliphatic heterocycles. The number of carbonyl (C=O) groups is 1. The Kier molecular flexibility index (Phi) is 2.70. The fraction of sp³-hybridized carbons (Fsp3) is 0.857.